The van der Waals surface area contributed by atoms with Crippen molar-refractivity contribution in [3.63, 3.8) is 0 Å². The Labute approximate surface area is 185 Å². The fourth-order valence-electron chi connectivity index (χ4n) is 3.80. The van der Waals surface area contributed by atoms with Crippen LogP contribution >= 0.6 is 0 Å². The fraction of sp³-hybridized carbons (Fsp3) is 0.333. The quantitative estimate of drug-likeness (QED) is 0.627. The van der Waals surface area contributed by atoms with Crippen LogP contribution in [0.15, 0.2) is 53.1 Å². The summed E-state index contributed by atoms with van der Waals surface area (Å²) in [6.07, 6.45) is 2.33. The van der Waals surface area contributed by atoms with E-state index >= 15 is 0 Å². The van der Waals surface area contributed by atoms with Gasteiger partial charge < -0.3 is 14.7 Å². The minimum absolute atomic E-state index is 0.000383. The van der Waals surface area contributed by atoms with Gasteiger partial charge in [0, 0.05) is 30.8 Å². The molecule has 1 saturated heterocycles. The Morgan fingerprint density at radius 1 is 1.22 bits per heavy atom. The molecule has 4 rings (SSSR count). The summed E-state index contributed by atoms with van der Waals surface area (Å²) in [7, 11) is 0. The molecule has 0 radical (unpaired) electrons. The van der Waals surface area contributed by atoms with Crippen molar-refractivity contribution in [1.29, 1.82) is 0 Å². The number of amides is 2. The second-order valence-electron chi connectivity index (χ2n) is 7.92. The summed E-state index contributed by atoms with van der Waals surface area (Å²) in [5, 5.41) is 6.93. The summed E-state index contributed by atoms with van der Waals surface area (Å²) >= 11 is 0. The Balaban J connectivity index is 1.42. The standard InChI is InChI=1S/C24H25FN4O3/c1-2-21(30)26-20-7-3-5-17(14-20)23-27-24(32-28-23)18-6-4-12-29(15-18)22(31)13-16-8-10-19(25)11-9-16/h3,5,7-11,14,18H,2,4,6,12-13,15H2,1H3,(H,26,30)/t18-/m0/s1. The van der Waals surface area contributed by atoms with Gasteiger partial charge in [-0.15, -0.1) is 0 Å². The van der Waals surface area contributed by atoms with Gasteiger partial charge >= 0.3 is 0 Å². The number of rotatable bonds is 6. The summed E-state index contributed by atoms with van der Waals surface area (Å²) in [4.78, 5) is 30.8. The van der Waals surface area contributed by atoms with Crippen LogP contribution in [0.1, 0.15) is 43.6 Å². The number of anilines is 1. The lowest BCUT2D eigenvalue weighted by molar-refractivity contribution is -0.131. The predicted octanol–water partition coefficient (Wildman–Crippen LogP) is 4.17. The number of benzene rings is 2. The Bertz CT molecular complexity index is 1100. The van der Waals surface area contributed by atoms with Crippen molar-refractivity contribution in [2.75, 3.05) is 18.4 Å². The number of hydrogen-bond donors (Lipinski definition) is 1. The summed E-state index contributed by atoms with van der Waals surface area (Å²) in [6, 6.07) is 13.3. The molecule has 1 fully saturated rings. The summed E-state index contributed by atoms with van der Waals surface area (Å²) in [5.74, 6) is 0.531. The maximum absolute atomic E-state index is 13.1. The highest BCUT2D eigenvalue weighted by Gasteiger charge is 2.28. The molecule has 0 unspecified atom stereocenters. The molecule has 2 aromatic carbocycles. The van der Waals surface area contributed by atoms with Crippen molar-refractivity contribution in [1.82, 2.24) is 15.0 Å². The van der Waals surface area contributed by atoms with Crippen LogP contribution in [0.4, 0.5) is 10.1 Å². The molecule has 1 aliphatic rings. The Kier molecular flexibility index (Phi) is 6.58. The van der Waals surface area contributed by atoms with Crippen molar-refractivity contribution >= 4 is 17.5 Å². The molecule has 166 valence electrons. The molecular weight excluding hydrogens is 411 g/mol. The zero-order chi connectivity index (χ0) is 22.5. The van der Waals surface area contributed by atoms with Crippen molar-refractivity contribution in [3.05, 3.63) is 65.8 Å². The first kappa shape index (κ1) is 21.7. The monoisotopic (exact) mass is 436 g/mol. The molecule has 1 N–H and O–H groups in total. The number of nitrogens with one attached hydrogen (secondary N) is 1. The fourth-order valence-corrected chi connectivity index (χ4v) is 3.80. The SMILES string of the molecule is CCC(=O)Nc1cccc(-c2noc([C@H]3CCCN(C(=O)Cc4ccc(F)cc4)C3)n2)c1. The summed E-state index contributed by atoms with van der Waals surface area (Å²) in [6.45, 7) is 2.98. The minimum Gasteiger partial charge on any atom is -0.342 e. The molecule has 2 heterocycles. The highest BCUT2D eigenvalue weighted by Crippen LogP contribution is 2.28. The van der Waals surface area contributed by atoms with Crippen molar-refractivity contribution in [2.45, 2.75) is 38.5 Å². The lowest BCUT2D eigenvalue weighted by Gasteiger charge is -2.31. The van der Waals surface area contributed by atoms with Gasteiger partial charge in [0.05, 0.1) is 12.3 Å². The highest BCUT2D eigenvalue weighted by molar-refractivity contribution is 5.91. The van der Waals surface area contributed by atoms with E-state index in [9.17, 15) is 14.0 Å². The lowest BCUT2D eigenvalue weighted by atomic mass is 9.97. The predicted molar refractivity (Wildman–Crippen MR) is 117 cm³/mol. The molecule has 0 bridgehead atoms. The van der Waals surface area contributed by atoms with Gasteiger partial charge in [0.2, 0.25) is 23.5 Å². The molecule has 0 spiro atoms. The van der Waals surface area contributed by atoms with Crippen LogP contribution in [0.25, 0.3) is 11.4 Å². The number of aromatic nitrogens is 2. The Hall–Kier alpha value is -3.55. The van der Waals surface area contributed by atoms with Crippen LogP contribution in [0.2, 0.25) is 0 Å². The molecule has 7 nitrogen and oxygen atoms in total. The van der Waals surface area contributed by atoms with E-state index < -0.39 is 0 Å². The van der Waals surface area contributed by atoms with Crippen LogP contribution in [-0.2, 0) is 16.0 Å². The van der Waals surface area contributed by atoms with Gasteiger partial charge in [0.1, 0.15) is 5.82 Å². The Morgan fingerprint density at radius 3 is 2.81 bits per heavy atom. The number of carbonyl (C=O) groups is 2. The number of hydrogen-bond acceptors (Lipinski definition) is 5. The zero-order valence-corrected chi connectivity index (χ0v) is 17.9. The van der Waals surface area contributed by atoms with Crippen molar-refractivity contribution in [3.8, 4) is 11.4 Å². The molecule has 2 amide bonds. The Morgan fingerprint density at radius 2 is 2.03 bits per heavy atom. The topological polar surface area (TPSA) is 88.3 Å². The van der Waals surface area contributed by atoms with Gasteiger partial charge in [-0.05, 0) is 42.7 Å². The molecule has 1 aromatic heterocycles. The maximum Gasteiger partial charge on any atom is 0.231 e. The van der Waals surface area contributed by atoms with Crippen LogP contribution < -0.4 is 5.32 Å². The van der Waals surface area contributed by atoms with Crippen molar-refractivity contribution in [2.24, 2.45) is 0 Å². The van der Waals surface area contributed by atoms with E-state index in [0.717, 1.165) is 24.0 Å². The first-order valence-corrected chi connectivity index (χ1v) is 10.8. The smallest absolute Gasteiger partial charge is 0.231 e. The molecule has 1 atom stereocenters. The molecular formula is C24H25FN4O3. The van der Waals surface area contributed by atoms with Gasteiger partial charge in [-0.25, -0.2) is 4.39 Å². The molecule has 32 heavy (non-hydrogen) atoms. The molecule has 3 aromatic rings. The molecule has 0 aliphatic carbocycles. The third kappa shape index (κ3) is 5.19. The summed E-state index contributed by atoms with van der Waals surface area (Å²) in [5.41, 5.74) is 2.21. The van der Waals surface area contributed by atoms with Gasteiger partial charge in [-0.3, -0.25) is 9.59 Å². The van der Waals surface area contributed by atoms with Gasteiger partial charge in [0.25, 0.3) is 0 Å². The molecule has 1 aliphatic heterocycles. The van der Waals surface area contributed by atoms with Gasteiger partial charge in [-0.2, -0.15) is 4.98 Å². The van der Waals surface area contributed by atoms with E-state index in [1.807, 2.05) is 29.2 Å². The molecule has 0 saturated carbocycles. The second-order valence-corrected chi connectivity index (χ2v) is 7.92. The highest BCUT2D eigenvalue weighted by atomic mass is 19.1. The van der Waals surface area contributed by atoms with E-state index in [1.54, 1.807) is 19.1 Å². The van der Waals surface area contributed by atoms with Crippen LogP contribution in [0.5, 0.6) is 0 Å². The average molecular weight is 436 g/mol. The normalized spacial score (nSPS) is 16.1. The summed E-state index contributed by atoms with van der Waals surface area (Å²) < 4.78 is 18.6. The number of carbonyl (C=O) groups excluding carboxylic acids is 2. The van der Waals surface area contributed by atoms with Crippen molar-refractivity contribution < 1.29 is 18.5 Å². The third-order valence-corrected chi connectivity index (χ3v) is 5.56. The van der Waals surface area contributed by atoms with E-state index in [1.165, 1.54) is 12.1 Å². The van der Waals surface area contributed by atoms with E-state index in [0.29, 0.717) is 36.9 Å². The number of piperidine rings is 1. The number of halogens is 1. The lowest BCUT2D eigenvalue weighted by Crippen LogP contribution is -2.40. The number of nitrogens with zero attached hydrogens (tertiary/aromatic N) is 3. The first-order valence-electron chi connectivity index (χ1n) is 10.8. The number of likely N-dealkylation sites (tertiary alicyclic amines) is 1. The zero-order valence-electron chi connectivity index (χ0n) is 17.9. The minimum atomic E-state index is -0.315. The van der Waals surface area contributed by atoms with Crippen LogP contribution in [0.3, 0.4) is 0 Å². The van der Waals surface area contributed by atoms with Gasteiger partial charge in [-0.1, -0.05) is 36.3 Å². The first-order chi connectivity index (χ1) is 15.5. The molecule has 8 heteroatoms. The van der Waals surface area contributed by atoms with Gasteiger partial charge in [0.15, 0.2) is 0 Å². The van der Waals surface area contributed by atoms with Crippen LogP contribution in [0, 0.1) is 5.82 Å². The third-order valence-electron chi connectivity index (χ3n) is 5.56. The average Bonchev–Trinajstić information content (AvgIpc) is 3.31. The van der Waals surface area contributed by atoms with E-state index in [2.05, 4.69) is 15.5 Å². The largest absolute Gasteiger partial charge is 0.342 e. The maximum atomic E-state index is 13.1. The van der Waals surface area contributed by atoms with Crippen LogP contribution in [-0.4, -0.2) is 39.9 Å². The van der Waals surface area contributed by atoms with E-state index in [4.69, 9.17) is 4.52 Å². The van der Waals surface area contributed by atoms with E-state index in [-0.39, 0.29) is 30.0 Å². The second kappa shape index (κ2) is 9.72.